The van der Waals surface area contributed by atoms with Gasteiger partial charge in [-0.1, -0.05) is 36.5 Å². The van der Waals surface area contributed by atoms with Crippen molar-refractivity contribution in [2.45, 2.75) is 18.2 Å². The van der Waals surface area contributed by atoms with Crippen LogP contribution in [0.2, 0.25) is 0 Å². The number of amides is 1. The molecule has 1 amide bonds. The summed E-state index contributed by atoms with van der Waals surface area (Å²) in [6, 6.07) is 12.6. The third-order valence-corrected chi connectivity index (χ3v) is 5.60. The summed E-state index contributed by atoms with van der Waals surface area (Å²) >= 11 is 1.40. The molecule has 0 radical (unpaired) electrons. The molecular formula is C17H16N2O3S2. The lowest BCUT2D eigenvalue weighted by molar-refractivity contribution is -0.115. The zero-order chi connectivity index (χ0) is 17.3. The number of carbonyl (C=O) groups excluding carboxylic acids is 1. The average molecular weight is 360 g/mol. The summed E-state index contributed by atoms with van der Waals surface area (Å²) in [6.45, 7) is 1.79. The molecule has 124 valence electrons. The molecule has 3 rings (SSSR count). The first-order valence-corrected chi connectivity index (χ1v) is 10.1. The van der Waals surface area contributed by atoms with Gasteiger partial charge in [0.15, 0.2) is 15.0 Å². The van der Waals surface area contributed by atoms with E-state index in [1.165, 1.54) is 17.6 Å². The van der Waals surface area contributed by atoms with Crippen LogP contribution in [0.5, 0.6) is 0 Å². The predicted molar refractivity (Wildman–Crippen MR) is 97.1 cm³/mol. The molecule has 0 aliphatic carbocycles. The Morgan fingerprint density at radius 3 is 2.62 bits per heavy atom. The van der Waals surface area contributed by atoms with Crippen molar-refractivity contribution in [3.05, 3.63) is 42.5 Å². The van der Waals surface area contributed by atoms with E-state index in [9.17, 15) is 13.2 Å². The maximum Gasteiger partial charge on any atom is 0.225 e. The van der Waals surface area contributed by atoms with Crippen molar-refractivity contribution in [1.82, 2.24) is 4.98 Å². The van der Waals surface area contributed by atoms with Gasteiger partial charge in [-0.25, -0.2) is 13.4 Å². The van der Waals surface area contributed by atoms with Gasteiger partial charge in [-0.2, -0.15) is 0 Å². The summed E-state index contributed by atoms with van der Waals surface area (Å²) in [6.07, 6.45) is 1.60. The van der Waals surface area contributed by atoms with Gasteiger partial charge in [0.1, 0.15) is 0 Å². The van der Waals surface area contributed by atoms with E-state index in [4.69, 9.17) is 0 Å². The van der Waals surface area contributed by atoms with Crippen molar-refractivity contribution in [2.24, 2.45) is 0 Å². The van der Waals surface area contributed by atoms with Crippen LogP contribution in [0.15, 0.2) is 47.4 Å². The summed E-state index contributed by atoms with van der Waals surface area (Å²) in [4.78, 5) is 16.2. The second-order valence-electron chi connectivity index (χ2n) is 5.40. The third kappa shape index (κ3) is 3.47. The molecule has 7 heteroatoms. The molecular weight excluding hydrogens is 344 g/mol. The first kappa shape index (κ1) is 16.6. The van der Waals surface area contributed by atoms with Crippen molar-refractivity contribution in [3.63, 3.8) is 0 Å². The Labute approximate surface area is 144 Å². The molecule has 0 atom stereocenters. The fraction of sp³-hybridized carbons (Fsp3) is 0.176. The number of benzene rings is 2. The van der Waals surface area contributed by atoms with E-state index in [0.717, 1.165) is 21.3 Å². The van der Waals surface area contributed by atoms with Crippen LogP contribution in [0.25, 0.3) is 21.3 Å². The average Bonchev–Trinajstić information content (AvgIpc) is 2.95. The Hall–Kier alpha value is -2.25. The molecule has 0 saturated heterocycles. The SMILES string of the molecule is CCC(=O)Nc1nc2ccc(-c3cccc(S(C)(=O)=O)c3)cc2s1. The van der Waals surface area contributed by atoms with E-state index in [1.807, 2.05) is 24.3 Å². The molecule has 0 unspecified atom stereocenters. The van der Waals surface area contributed by atoms with Gasteiger partial charge in [-0.05, 0) is 35.4 Å². The molecule has 5 nitrogen and oxygen atoms in total. The number of hydrogen-bond acceptors (Lipinski definition) is 5. The van der Waals surface area contributed by atoms with Crippen LogP contribution < -0.4 is 5.32 Å². The first-order chi connectivity index (χ1) is 11.4. The highest BCUT2D eigenvalue weighted by atomic mass is 32.2. The van der Waals surface area contributed by atoms with Crippen molar-refractivity contribution >= 4 is 42.4 Å². The number of thiazole rings is 1. The van der Waals surface area contributed by atoms with Gasteiger partial charge in [-0.15, -0.1) is 0 Å². The van der Waals surface area contributed by atoms with Gasteiger partial charge < -0.3 is 5.32 Å². The number of hydrogen-bond donors (Lipinski definition) is 1. The van der Waals surface area contributed by atoms with Gasteiger partial charge in [-0.3, -0.25) is 4.79 Å². The Morgan fingerprint density at radius 1 is 1.17 bits per heavy atom. The highest BCUT2D eigenvalue weighted by molar-refractivity contribution is 7.90. The number of nitrogens with one attached hydrogen (secondary N) is 1. The number of anilines is 1. The summed E-state index contributed by atoms with van der Waals surface area (Å²) in [5.74, 6) is -0.0740. The highest BCUT2D eigenvalue weighted by Gasteiger charge is 2.10. The summed E-state index contributed by atoms with van der Waals surface area (Å²) in [7, 11) is -3.25. The van der Waals surface area contributed by atoms with E-state index < -0.39 is 9.84 Å². The maximum atomic E-state index is 11.7. The van der Waals surface area contributed by atoms with Gasteiger partial charge >= 0.3 is 0 Å². The Balaban J connectivity index is 2.00. The van der Waals surface area contributed by atoms with Crippen LogP contribution in [0.4, 0.5) is 5.13 Å². The van der Waals surface area contributed by atoms with Crippen molar-refractivity contribution in [1.29, 1.82) is 0 Å². The molecule has 0 bridgehead atoms. The Morgan fingerprint density at radius 2 is 1.92 bits per heavy atom. The number of nitrogens with zero attached hydrogens (tertiary/aromatic N) is 1. The number of sulfone groups is 1. The maximum absolute atomic E-state index is 11.7. The second kappa shape index (κ2) is 6.33. The third-order valence-electron chi connectivity index (χ3n) is 3.55. The van der Waals surface area contributed by atoms with Crippen LogP contribution in [0.3, 0.4) is 0 Å². The fourth-order valence-electron chi connectivity index (χ4n) is 2.27. The Bertz CT molecular complexity index is 1020. The van der Waals surface area contributed by atoms with Crippen molar-refractivity contribution < 1.29 is 13.2 Å². The molecule has 1 aromatic heterocycles. The number of aromatic nitrogens is 1. The molecule has 1 N–H and O–H groups in total. The number of fused-ring (bicyclic) bond motifs is 1. The predicted octanol–water partition coefficient (Wildman–Crippen LogP) is 3.72. The monoisotopic (exact) mass is 360 g/mol. The van der Waals surface area contributed by atoms with E-state index >= 15 is 0 Å². The Kier molecular flexibility index (Phi) is 4.38. The molecule has 0 saturated carbocycles. The van der Waals surface area contributed by atoms with E-state index in [2.05, 4.69) is 10.3 Å². The lowest BCUT2D eigenvalue weighted by Gasteiger charge is -2.04. The van der Waals surface area contributed by atoms with Crippen LogP contribution in [0, 0.1) is 0 Å². The first-order valence-electron chi connectivity index (χ1n) is 7.38. The standard InChI is InChI=1S/C17H16N2O3S2/c1-3-16(20)19-17-18-14-8-7-12(10-15(14)23-17)11-5-4-6-13(9-11)24(2,21)22/h4-10H,3H2,1-2H3,(H,18,19,20). The molecule has 0 fully saturated rings. The van der Waals surface area contributed by atoms with Crippen LogP contribution >= 0.6 is 11.3 Å². The van der Waals surface area contributed by atoms with Gasteiger partial charge in [0.05, 0.1) is 15.1 Å². The second-order valence-corrected chi connectivity index (χ2v) is 8.45. The molecule has 2 aromatic carbocycles. The minimum absolute atomic E-state index is 0.0740. The van der Waals surface area contributed by atoms with Gasteiger partial charge in [0.2, 0.25) is 5.91 Å². The summed E-state index contributed by atoms with van der Waals surface area (Å²) < 4.78 is 24.4. The van der Waals surface area contributed by atoms with E-state index in [-0.39, 0.29) is 5.91 Å². The van der Waals surface area contributed by atoms with Crippen LogP contribution in [-0.4, -0.2) is 25.6 Å². The zero-order valence-electron chi connectivity index (χ0n) is 13.2. The molecule has 1 heterocycles. The minimum Gasteiger partial charge on any atom is -0.302 e. The molecule has 3 aromatic rings. The quantitative estimate of drug-likeness (QED) is 0.769. The van der Waals surface area contributed by atoms with Gasteiger partial charge in [0, 0.05) is 12.7 Å². The van der Waals surface area contributed by atoms with Gasteiger partial charge in [0.25, 0.3) is 0 Å². The van der Waals surface area contributed by atoms with E-state index in [1.54, 1.807) is 25.1 Å². The number of rotatable bonds is 4. The molecule has 0 aliphatic heterocycles. The number of carbonyl (C=O) groups is 1. The van der Waals surface area contributed by atoms with Crippen molar-refractivity contribution in [3.8, 4) is 11.1 Å². The van der Waals surface area contributed by atoms with Crippen molar-refractivity contribution in [2.75, 3.05) is 11.6 Å². The van der Waals surface area contributed by atoms with Crippen LogP contribution in [0.1, 0.15) is 13.3 Å². The fourth-order valence-corrected chi connectivity index (χ4v) is 3.86. The summed E-state index contributed by atoms with van der Waals surface area (Å²) in [5, 5.41) is 3.33. The largest absolute Gasteiger partial charge is 0.302 e. The summed E-state index contributed by atoms with van der Waals surface area (Å²) in [5.41, 5.74) is 2.53. The zero-order valence-corrected chi connectivity index (χ0v) is 14.9. The lowest BCUT2D eigenvalue weighted by atomic mass is 10.1. The lowest BCUT2D eigenvalue weighted by Crippen LogP contribution is -2.08. The van der Waals surface area contributed by atoms with E-state index in [0.29, 0.717) is 16.4 Å². The molecule has 24 heavy (non-hydrogen) atoms. The highest BCUT2D eigenvalue weighted by Crippen LogP contribution is 2.31. The smallest absolute Gasteiger partial charge is 0.225 e. The molecule has 0 aliphatic rings. The topological polar surface area (TPSA) is 76.1 Å². The minimum atomic E-state index is -3.25. The normalized spacial score (nSPS) is 11.6. The molecule has 0 spiro atoms. The van der Waals surface area contributed by atoms with Crippen LogP contribution in [-0.2, 0) is 14.6 Å².